The lowest BCUT2D eigenvalue weighted by molar-refractivity contribution is -0.142. The Bertz CT molecular complexity index is 607. The molecule has 8 nitrogen and oxygen atoms in total. The standard InChI is InChI=1S/C17H24N2O6/c1-12(17(21)22)19(8-6-18-13(2)20)7-3-9-23-14-4-5-15-16(10-14)25-11-24-15/h4-5,10,12H,3,6-9,11H2,1-2H3,(H,18,20)(H,21,22). The molecule has 0 saturated heterocycles. The zero-order valence-corrected chi connectivity index (χ0v) is 14.5. The number of aliphatic carboxylic acids is 1. The molecule has 0 radical (unpaired) electrons. The summed E-state index contributed by atoms with van der Waals surface area (Å²) in [6, 6.07) is 4.75. The Labute approximate surface area is 146 Å². The van der Waals surface area contributed by atoms with Gasteiger partial charge in [-0.3, -0.25) is 14.5 Å². The summed E-state index contributed by atoms with van der Waals surface area (Å²) < 4.78 is 16.2. The smallest absolute Gasteiger partial charge is 0.320 e. The van der Waals surface area contributed by atoms with Crippen LogP contribution in [0.3, 0.4) is 0 Å². The summed E-state index contributed by atoms with van der Waals surface area (Å²) in [4.78, 5) is 24.0. The quantitative estimate of drug-likeness (QED) is 0.609. The molecule has 1 atom stereocenters. The van der Waals surface area contributed by atoms with Gasteiger partial charge in [-0.1, -0.05) is 0 Å². The van der Waals surface area contributed by atoms with Gasteiger partial charge in [0.1, 0.15) is 11.8 Å². The Hall–Kier alpha value is -2.48. The van der Waals surface area contributed by atoms with Crippen LogP contribution in [0.5, 0.6) is 17.2 Å². The van der Waals surface area contributed by atoms with Crippen LogP contribution >= 0.6 is 0 Å². The molecule has 25 heavy (non-hydrogen) atoms. The average molecular weight is 352 g/mol. The second-order valence-electron chi connectivity index (χ2n) is 5.75. The molecule has 8 heteroatoms. The zero-order chi connectivity index (χ0) is 18.2. The van der Waals surface area contributed by atoms with Gasteiger partial charge >= 0.3 is 5.97 Å². The highest BCUT2D eigenvalue weighted by Crippen LogP contribution is 2.35. The van der Waals surface area contributed by atoms with Crippen molar-refractivity contribution < 1.29 is 28.9 Å². The van der Waals surface area contributed by atoms with E-state index in [1.165, 1.54) is 6.92 Å². The molecular formula is C17H24N2O6. The van der Waals surface area contributed by atoms with E-state index < -0.39 is 12.0 Å². The second kappa shape index (κ2) is 9.12. The number of hydrogen-bond acceptors (Lipinski definition) is 6. The highest BCUT2D eigenvalue weighted by molar-refractivity contribution is 5.73. The fourth-order valence-corrected chi connectivity index (χ4v) is 2.46. The zero-order valence-electron chi connectivity index (χ0n) is 14.5. The number of benzene rings is 1. The number of carbonyl (C=O) groups is 2. The minimum atomic E-state index is -0.889. The number of carboxylic acid groups (broad SMARTS) is 1. The fourth-order valence-electron chi connectivity index (χ4n) is 2.46. The van der Waals surface area contributed by atoms with Crippen LogP contribution in [-0.4, -0.2) is 61.0 Å². The number of nitrogens with zero attached hydrogens (tertiary/aromatic N) is 1. The molecule has 1 amide bonds. The number of amides is 1. The molecule has 2 N–H and O–H groups in total. The van der Waals surface area contributed by atoms with E-state index in [1.807, 2.05) is 6.07 Å². The Balaban J connectivity index is 1.77. The van der Waals surface area contributed by atoms with E-state index in [0.29, 0.717) is 49.9 Å². The predicted molar refractivity (Wildman–Crippen MR) is 90.0 cm³/mol. The minimum Gasteiger partial charge on any atom is -0.493 e. The van der Waals surface area contributed by atoms with Crippen molar-refractivity contribution in [2.45, 2.75) is 26.3 Å². The first-order chi connectivity index (χ1) is 12.0. The Morgan fingerprint density at radius 1 is 1.32 bits per heavy atom. The maximum absolute atomic E-state index is 11.2. The number of nitrogens with one attached hydrogen (secondary N) is 1. The van der Waals surface area contributed by atoms with Gasteiger partial charge in [0.15, 0.2) is 11.5 Å². The number of ether oxygens (including phenoxy) is 3. The third-order valence-corrected chi connectivity index (χ3v) is 3.88. The summed E-state index contributed by atoms with van der Waals surface area (Å²) in [6.45, 7) is 5.17. The van der Waals surface area contributed by atoms with Crippen molar-refractivity contribution in [1.29, 1.82) is 0 Å². The molecule has 2 rings (SSSR count). The van der Waals surface area contributed by atoms with Gasteiger partial charge in [-0.15, -0.1) is 0 Å². The monoisotopic (exact) mass is 352 g/mol. The van der Waals surface area contributed by atoms with Gasteiger partial charge < -0.3 is 24.6 Å². The summed E-state index contributed by atoms with van der Waals surface area (Å²) in [5.41, 5.74) is 0. The Morgan fingerprint density at radius 2 is 2.08 bits per heavy atom. The van der Waals surface area contributed by atoms with Crippen LogP contribution in [0.25, 0.3) is 0 Å². The van der Waals surface area contributed by atoms with E-state index in [4.69, 9.17) is 14.2 Å². The molecule has 138 valence electrons. The first-order valence-electron chi connectivity index (χ1n) is 8.21. The van der Waals surface area contributed by atoms with Crippen molar-refractivity contribution in [3.8, 4) is 17.2 Å². The van der Waals surface area contributed by atoms with Crippen LogP contribution in [0.2, 0.25) is 0 Å². The van der Waals surface area contributed by atoms with Crippen LogP contribution in [0.15, 0.2) is 18.2 Å². The number of fused-ring (bicyclic) bond motifs is 1. The summed E-state index contributed by atoms with van der Waals surface area (Å²) in [5, 5.41) is 11.9. The van der Waals surface area contributed by atoms with Crippen LogP contribution in [-0.2, 0) is 9.59 Å². The van der Waals surface area contributed by atoms with E-state index in [0.717, 1.165) is 0 Å². The number of carboxylic acids is 1. The molecule has 0 fully saturated rings. The highest BCUT2D eigenvalue weighted by Gasteiger charge is 2.20. The lowest BCUT2D eigenvalue weighted by Crippen LogP contribution is -2.44. The van der Waals surface area contributed by atoms with Crippen molar-refractivity contribution in [1.82, 2.24) is 10.2 Å². The summed E-state index contributed by atoms with van der Waals surface area (Å²) >= 11 is 0. The van der Waals surface area contributed by atoms with Gasteiger partial charge in [0.05, 0.1) is 6.61 Å². The molecule has 0 aromatic heterocycles. The van der Waals surface area contributed by atoms with E-state index >= 15 is 0 Å². The van der Waals surface area contributed by atoms with Crippen LogP contribution < -0.4 is 19.5 Å². The largest absolute Gasteiger partial charge is 0.493 e. The van der Waals surface area contributed by atoms with Gasteiger partial charge in [-0.2, -0.15) is 0 Å². The number of hydrogen-bond donors (Lipinski definition) is 2. The van der Waals surface area contributed by atoms with Crippen molar-refractivity contribution in [3.63, 3.8) is 0 Å². The lowest BCUT2D eigenvalue weighted by atomic mass is 10.2. The molecule has 1 unspecified atom stereocenters. The van der Waals surface area contributed by atoms with Crippen LogP contribution in [0, 0.1) is 0 Å². The van der Waals surface area contributed by atoms with Crippen LogP contribution in [0.4, 0.5) is 0 Å². The second-order valence-corrected chi connectivity index (χ2v) is 5.75. The summed E-state index contributed by atoms with van der Waals surface area (Å²) in [5.74, 6) is 1.02. The number of rotatable bonds is 10. The third-order valence-electron chi connectivity index (χ3n) is 3.88. The summed E-state index contributed by atoms with van der Waals surface area (Å²) in [6.07, 6.45) is 0.659. The maximum atomic E-state index is 11.2. The molecule has 0 saturated carbocycles. The van der Waals surface area contributed by atoms with E-state index in [1.54, 1.807) is 24.0 Å². The van der Waals surface area contributed by atoms with Crippen molar-refractivity contribution in [2.24, 2.45) is 0 Å². The maximum Gasteiger partial charge on any atom is 0.320 e. The van der Waals surface area contributed by atoms with Gasteiger partial charge in [-0.05, 0) is 25.5 Å². The molecule has 0 bridgehead atoms. The predicted octanol–water partition coefficient (Wildman–Crippen LogP) is 1.10. The highest BCUT2D eigenvalue weighted by atomic mass is 16.7. The van der Waals surface area contributed by atoms with E-state index in [-0.39, 0.29) is 12.7 Å². The molecule has 1 aliphatic heterocycles. The van der Waals surface area contributed by atoms with E-state index in [2.05, 4.69) is 5.32 Å². The summed E-state index contributed by atoms with van der Waals surface area (Å²) in [7, 11) is 0. The first kappa shape index (κ1) is 18.9. The van der Waals surface area contributed by atoms with Crippen molar-refractivity contribution in [3.05, 3.63) is 18.2 Å². The van der Waals surface area contributed by atoms with Gasteiger partial charge in [0, 0.05) is 32.6 Å². The molecular weight excluding hydrogens is 328 g/mol. The molecule has 1 aromatic rings. The average Bonchev–Trinajstić information content (AvgIpc) is 3.03. The van der Waals surface area contributed by atoms with Crippen molar-refractivity contribution >= 4 is 11.9 Å². The fraction of sp³-hybridized carbons (Fsp3) is 0.529. The normalized spacial score (nSPS) is 13.6. The van der Waals surface area contributed by atoms with E-state index in [9.17, 15) is 14.7 Å². The minimum absolute atomic E-state index is 0.130. The molecule has 0 spiro atoms. The SMILES string of the molecule is CC(=O)NCCN(CCCOc1ccc2c(c1)OCO2)C(C)C(=O)O. The molecule has 1 heterocycles. The Kier molecular flexibility index (Phi) is 6.88. The molecule has 1 aliphatic rings. The molecule has 1 aromatic carbocycles. The first-order valence-corrected chi connectivity index (χ1v) is 8.21. The van der Waals surface area contributed by atoms with Gasteiger partial charge in [0.2, 0.25) is 12.7 Å². The Morgan fingerprint density at radius 3 is 2.80 bits per heavy atom. The number of carbonyl (C=O) groups excluding carboxylic acids is 1. The van der Waals surface area contributed by atoms with Gasteiger partial charge in [-0.25, -0.2) is 0 Å². The lowest BCUT2D eigenvalue weighted by Gasteiger charge is -2.26. The molecule has 0 aliphatic carbocycles. The van der Waals surface area contributed by atoms with Gasteiger partial charge in [0.25, 0.3) is 0 Å². The van der Waals surface area contributed by atoms with Crippen molar-refractivity contribution in [2.75, 3.05) is 33.0 Å². The topological polar surface area (TPSA) is 97.3 Å². The third kappa shape index (κ3) is 5.82. The van der Waals surface area contributed by atoms with Crippen LogP contribution in [0.1, 0.15) is 20.3 Å².